The average Bonchev–Trinajstić information content (AvgIpc) is 3.09. The second-order valence-corrected chi connectivity index (χ2v) is 5.78. The van der Waals surface area contributed by atoms with E-state index in [9.17, 15) is 4.79 Å². The van der Waals surface area contributed by atoms with Crippen LogP contribution in [0.5, 0.6) is 0 Å². The van der Waals surface area contributed by atoms with E-state index in [0.717, 1.165) is 57.0 Å². The summed E-state index contributed by atoms with van der Waals surface area (Å²) in [5.74, 6) is 1.78. The van der Waals surface area contributed by atoms with Crippen LogP contribution in [0.4, 0.5) is 0 Å². The van der Waals surface area contributed by atoms with Gasteiger partial charge in [-0.3, -0.25) is 4.79 Å². The first-order valence-electron chi connectivity index (χ1n) is 7.77. The van der Waals surface area contributed by atoms with Crippen molar-refractivity contribution in [2.24, 2.45) is 0 Å². The van der Waals surface area contributed by atoms with Crippen LogP contribution < -0.4 is 10.6 Å². The fourth-order valence-electron chi connectivity index (χ4n) is 3.00. The predicted molar refractivity (Wildman–Crippen MR) is 76.7 cm³/mol. The van der Waals surface area contributed by atoms with E-state index in [1.807, 2.05) is 6.92 Å². The molecule has 1 fully saturated rings. The quantitative estimate of drug-likeness (QED) is 0.809. The molecule has 0 radical (unpaired) electrons. The van der Waals surface area contributed by atoms with Gasteiger partial charge in [-0.05, 0) is 39.3 Å². The fourth-order valence-corrected chi connectivity index (χ4v) is 3.00. The highest BCUT2D eigenvalue weighted by atomic mass is 16.5. The summed E-state index contributed by atoms with van der Waals surface area (Å²) in [6, 6.07) is -0.131. The highest BCUT2D eigenvalue weighted by molar-refractivity contribution is 5.77. The number of carbonyl (C=O) groups is 1. The molecule has 7 heteroatoms. The van der Waals surface area contributed by atoms with Crippen LogP contribution in [0.15, 0.2) is 0 Å². The second-order valence-electron chi connectivity index (χ2n) is 5.78. The maximum atomic E-state index is 12.0. The first-order chi connectivity index (χ1) is 10.2. The Morgan fingerprint density at radius 1 is 1.48 bits per heavy atom. The Kier molecular flexibility index (Phi) is 4.50. The van der Waals surface area contributed by atoms with Crippen molar-refractivity contribution in [2.75, 3.05) is 19.7 Å². The number of nitrogens with zero attached hydrogens (tertiary/aromatic N) is 3. The predicted octanol–water partition coefficient (Wildman–Crippen LogP) is 0.170. The molecule has 0 bridgehead atoms. The minimum absolute atomic E-state index is 0.0867. The number of aromatic nitrogens is 3. The number of amides is 1. The van der Waals surface area contributed by atoms with Crippen LogP contribution in [0.2, 0.25) is 0 Å². The summed E-state index contributed by atoms with van der Waals surface area (Å²) in [5, 5.41) is 14.6. The summed E-state index contributed by atoms with van der Waals surface area (Å²) < 4.78 is 7.77. The van der Waals surface area contributed by atoms with Crippen LogP contribution in [-0.4, -0.2) is 46.5 Å². The molecule has 1 amide bonds. The monoisotopic (exact) mass is 293 g/mol. The van der Waals surface area contributed by atoms with Gasteiger partial charge in [0.25, 0.3) is 0 Å². The summed E-state index contributed by atoms with van der Waals surface area (Å²) in [5.41, 5.74) is 0. The molecule has 7 nitrogen and oxygen atoms in total. The molecule has 2 N–H and O–H groups in total. The number of hydrogen-bond acceptors (Lipinski definition) is 5. The molecule has 2 aliphatic rings. The van der Waals surface area contributed by atoms with E-state index in [1.54, 1.807) is 0 Å². The van der Waals surface area contributed by atoms with Crippen LogP contribution >= 0.6 is 0 Å². The molecule has 0 aliphatic carbocycles. The van der Waals surface area contributed by atoms with Crippen LogP contribution in [0, 0.1) is 0 Å². The van der Waals surface area contributed by atoms with Crippen molar-refractivity contribution in [3.05, 3.63) is 11.6 Å². The van der Waals surface area contributed by atoms with E-state index in [1.165, 1.54) is 0 Å². The van der Waals surface area contributed by atoms with Gasteiger partial charge in [0.15, 0.2) is 5.82 Å². The molecule has 3 rings (SSSR count). The van der Waals surface area contributed by atoms with Crippen molar-refractivity contribution in [1.82, 2.24) is 25.4 Å². The number of ether oxygens (including phenoxy) is 1. The Bertz CT molecular complexity index is 496. The summed E-state index contributed by atoms with van der Waals surface area (Å²) in [7, 11) is 0. The number of nitrogens with one attached hydrogen (secondary N) is 2. The van der Waals surface area contributed by atoms with Gasteiger partial charge in [0.05, 0.1) is 12.1 Å². The van der Waals surface area contributed by atoms with Gasteiger partial charge in [0.2, 0.25) is 5.91 Å². The van der Waals surface area contributed by atoms with E-state index >= 15 is 0 Å². The molecule has 0 saturated carbocycles. The lowest BCUT2D eigenvalue weighted by Gasteiger charge is -2.23. The zero-order valence-electron chi connectivity index (χ0n) is 12.5. The molecule has 1 aromatic rings. The molecule has 21 heavy (non-hydrogen) atoms. The molecule has 2 aliphatic heterocycles. The number of piperidine rings is 1. The Balaban J connectivity index is 1.47. The van der Waals surface area contributed by atoms with Crippen molar-refractivity contribution in [2.45, 2.75) is 51.3 Å². The number of rotatable bonds is 5. The maximum Gasteiger partial charge on any atom is 0.246 e. The maximum absolute atomic E-state index is 12.0. The molecule has 0 spiro atoms. The van der Waals surface area contributed by atoms with Crippen LogP contribution in [0.3, 0.4) is 0 Å². The van der Waals surface area contributed by atoms with Gasteiger partial charge >= 0.3 is 0 Å². The van der Waals surface area contributed by atoms with Crippen LogP contribution in [0.1, 0.15) is 43.9 Å². The highest BCUT2D eigenvalue weighted by Crippen LogP contribution is 2.18. The largest absolute Gasteiger partial charge is 0.368 e. The van der Waals surface area contributed by atoms with Gasteiger partial charge in [0.1, 0.15) is 12.4 Å². The van der Waals surface area contributed by atoms with Gasteiger partial charge in [-0.25, -0.2) is 0 Å². The molecule has 0 aromatic carbocycles. The molecular weight excluding hydrogens is 270 g/mol. The number of hydrogen-bond donors (Lipinski definition) is 2. The third-order valence-corrected chi connectivity index (χ3v) is 4.14. The molecule has 3 heterocycles. The summed E-state index contributed by atoms with van der Waals surface area (Å²) in [6.07, 6.45) is 4.23. The SMILES string of the molecule is CC(NC(=O)COC1CCNCC1)c1nnc2n1CCC2. The smallest absolute Gasteiger partial charge is 0.246 e. The van der Waals surface area contributed by atoms with Crippen molar-refractivity contribution >= 4 is 5.91 Å². The zero-order chi connectivity index (χ0) is 14.7. The van der Waals surface area contributed by atoms with E-state index in [-0.39, 0.29) is 24.7 Å². The number of carbonyl (C=O) groups excluding carboxylic acids is 1. The van der Waals surface area contributed by atoms with Crippen molar-refractivity contribution < 1.29 is 9.53 Å². The minimum atomic E-state index is -0.131. The van der Waals surface area contributed by atoms with Crippen LogP contribution in [-0.2, 0) is 22.5 Å². The lowest BCUT2D eigenvalue weighted by Crippen LogP contribution is -2.36. The van der Waals surface area contributed by atoms with E-state index in [2.05, 4.69) is 25.4 Å². The summed E-state index contributed by atoms with van der Waals surface area (Å²) in [6.45, 7) is 4.95. The molecule has 1 atom stereocenters. The summed E-state index contributed by atoms with van der Waals surface area (Å²) in [4.78, 5) is 12.0. The van der Waals surface area contributed by atoms with Crippen LogP contribution in [0.25, 0.3) is 0 Å². The van der Waals surface area contributed by atoms with Gasteiger partial charge in [-0.2, -0.15) is 0 Å². The van der Waals surface area contributed by atoms with Gasteiger partial charge in [0, 0.05) is 13.0 Å². The van der Waals surface area contributed by atoms with Crippen molar-refractivity contribution in [3.63, 3.8) is 0 Å². The molecule has 116 valence electrons. The lowest BCUT2D eigenvalue weighted by molar-refractivity contribution is -0.128. The minimum Gasteiger partial charge on any atom is -0.368 e. The van der Waals surface area contributed by atoms with Gasteiger partial charge in [-0.15, -0.1) is 10.2 Å². The molecular formula is C14H23N5O2. The van der Waals surface area contributed by atoms with Crippen molar-refractivity contribution in [1.29, 1.82) is 0 Å². The first kappa shape index (κ1) is 14.5. The third-order valence-electron chi connectivity index (χ3n) is 4.14. The Labute approximate surface area is 124 Å². The van der Waals surface area contributed by atoms with E-state index < -0.39 is 0 Å². The number of fused-ring (bicyclic) bond motifs is 1. The van der Waals surface area contributed by atoms with Gasteiger partial charge < -0.3 is 19.9 Å². The average molecular weight is 293 g/mol. The normalized spacial score (nSPS) is 20.2. The highest BCUT2D eigenvalue weighted by Gasteiger charge is 2.22. The molecule has 1 saturated heterocycles. The molecule has 1 unspecified atom stereocenters. The van der Waals surface area contributed by atoms with Gasteiger partial charge in [-0.1, -0.05) is 0 Å². The fraction of sp³-hybridized carbons (Fsp3) is 0.786. The summed E-state index contributed by atoms with van der Waals surface area (Å²) >= 11 is 0. The Hall–Kier alpha value is -1.47. The Morgan fingerprint density at radius 2 is 2.29 bits per heavy atom. The lowest BCUT2D eigenvalue weighted by atomic mass is 10.1. The second kappa shape index (κ2) is 6.53. The molecule has 1 aromatic heterocycles. The standard InChI is InChI=1S/C14H23N5O2/c1-10(14-18-17-12-3-2-8-19(12)14)16-13(20)9-21-11-4-6-15-7-5-11/h10-11,15H,2-9H2,1H3,(H,16,20). The Morgan fingerprint density at radius 3 is 3.10 bits per heavy atom. The third kappa shape index (κ3) is 3.41. The van der Waals surface area contributed by atoms with E-state index in [0.29, 0.717) is 0 Å². The zero-order valence-corrected chi connectivity index (χ0v) is 12.5. The topological polar surface area (TPSA) is 81.1 Å². The van der Waals surface area contributed by atoms with E-state index in [4.69, 9.17) is 4.74 Å². The number of aryl methyl sites for hydroxylation is 1. The first-order valence-corrected chi connectivity index (χ1v) is 7.77. The van der Waals surface area contributed by atoms with Crippen molar-refractivity contribution in [3.8, 4) is 0 Å².